The number of halogens is 2. The number of carbonyl (C=O) groups excluding carboxylic acids is 1. The number of ketones is 1. The van der Waals surface area contributed by atoms with Gasteiger partial charge in [0, 0.05) is 23.3 Å². The molecular formula is C25H34ClFN2O3. The van der Waals surface area contributed by atoms with E-state index in [9.17, 15) is 15.0 Å². The van der Waals surface area contributed by atoms with Gasteiger partial charge in [0.25, 0.3) is 0 Å². The summed E-state index contributed by atoms with van der Waals surface area (Å²) >= 11 is 5.89. The molecule has 7 heteroatoms. The molecular weight excluding hydrogens is 431 g/mol. The third kappa shape index (κ3) is 2.37. The second-order valence-electron chi connectivity index (χ2n) is 11.2. The highest BCUT2D eigenvalue weighted by Crippen LogP contribution is 2.71. The Morgan fingerprint density at radius 2 is 2.09 bits per heavy atom. The maximum absolute atomic E-state index is 17.5. The third-order valence-electron chi connectivity index (χ3n) is 10.1. The molecule has 0 bridgehead atoms. The first-order valence-electron chi connectivity index (χ1n) is 11.9. The van der Waals surface area contributed by atoms with Gasteiger partial charge in [0.15, 0.2) is 5.78 Å². The summed E-state index contributed by atoms with van der Waals surface area (Å²) in [6, 6.07) is 0. The summed E-state index contributed by atoms with van der Waals surface area (Å²) < 4.78 is 19.4. The normalized spacial score (nSPS) is 47.2. The number of Topliss-reactive ketones (excluding diaryl/α,β-unsaturated/α-hetero) is 1. The van der Waals surface area contributed by atoms with Crippen LogP contribution in [0.3, 0.4) is 0 Å². The van der Waals surface area contributed by atoms with Crippen LogP contribution in [0.15, 0.2) is 11.8 Å². The predicted molar refractivity (Wildman–Crippen MR) is 121 cm³/mol. The van der Waals surface area contributed by atoms with Crippen LogP contribution in [0.1, 0.15) is 64.6 Å². The lowest BCUT2D eigenvalue weighted by molar-refractivity contribution is -0.225. The van der Waals surface area contributed by atoms with Crippen LogP contribution in [-0.2, 0) is 17.8 Å². The SMILES string of the molecule is CCn1ncc2c1C=C1CC[C@H]3[C@@H]4C[C@H](C)[C@](O)(C(=O)CCl)[C@@]4(C)C[C@H](O)[C@]3(F)[C@@]1(C)C2. The number of rotatable bonds is 3. The van der Waals surface area contributed by atoms with Crippen LogP contribution in [0.5, 0.6) is 0 Å². The van der Waals surface area contributed by atoms with E-state index in [-0.39, 0.29) is 24.1 Å². The summed E-state index contributed by atoms with van der Waals surface area (Å²) in [4.78, 5) is 12.8. The molecule has 176 valence electrons. The zero-order valence-corrected chi connectivity index (χ0v) is 20.1. The molecule has 5 nitrogen and oxygen atoms in total. The fourth-order valence-corrected chi connectivity index (χ4v) is 8.60. The van der Waals surface area contributed by atoms with Crippen molar-refractivity contribution in [3.8, 4) is 0 Å². The molecule has 4 aliphatic carbocycles. The molecule has 4 aliphatic rings. The Morgan fingerprint density at radius 3 is 2.75 bits per heavy atom. The maximum Gasteiger partial charge on any atom is 0.179 e. The van der Waals surface area contributed by atoms with Crippen molar-refractivity contribution in [3.63, 3.8) is 0 Å². The molecule has 32 heavy (non-hydrogen) atoms. The first-order chi connectivity index (χ1) is 15.0. The fourth-order valence-electron chi connectivity index (χ4n) is 8.39. The first-order valence-corrected chi connectivity index (χ1v) is 12.5. The van der Waals surface area contributed by atoms with Crippen molar-refractivity contribution in [1.82, 2.24) is 9.78 Å². The molecule has 3 fully saturated rings. The van der Waals surface area contributed by atoms with E-state index in [1.807, 2.05) is 38.6 Å². The summed E-state index contributed by atoms with van der Waals surface area (Å²) in [6.07, 6.45) is 5.12. The van der Waals surface area contributed by atoms with Gasteiger partial charge < -0.3 is 10.2 Å². The number of aliphatic hydroxyl groups is 2. The van der Waals surface area contributed by atoms with Crippen LogP contribution < -0.4 is 0 Å². The minimum absolute atomic E-state index is 0.0537. The number of aryl methyl sites for hydroxylation is 1. The summed E-state index contributed by atoms with van der Waals surface area (Å²) in [7, 11) is 0. The second kappa shape index (κ2) is 6.89. The number of carbonyl (C=O) groups is 1. The van der Waals surface area contributed by atoms with Gasteiger partial charge in [0.1, 0.15) is 11.3 Å². The molecule has 3 saturated carbocycles. The van der Waals surface area contributed by atoms with Crippen molar-refractivity contribution in [3.05, 3.63) is 23.0 Å². The van der Waals surface area contributed by atoms with E-state index in [0.29, 0.717) is 19.3 Å². The van der Waals surface area contributed by atoms with Crippen molar-refractivity contribution < 1.29 is 19.4 Å². The molecule has 1 aromatic rings. The average Bonchev–Trinajstić information content (AvgIpc) is 3.24. The van der Waals surface area contributed by atoms with E-state index in [1.54, 1.807) is 0 Å². The molecule has 0 spiro atoms. The van der Waals surface area contributed by atoms with Crippen molar-refractivity contribution in [1.29, 1.82) is 0 Å². The monoisotopic (exact) mass is 464 g/mol. The quantitative estimate of drug-likeness (QED) is 0.664. The minimum Gasteiger partial charge on any atom is -0.390 e. The maximum atomic E-state index is 17.5. The number of aromatic nitrogens is 2. The Bertz CT molecular complexity index is 1010. The van der Waals surface area contributed by atoms with Gasteiger partial charge in [-0.25, -0.2) is 4.39 Å². The van der Waals surface area contributed by atoms with Gasteiger partial charge in [0.2, 0.25) is 0 Å². The Kier molecular flexibility index (Phi) is 4.86. The van der Waals surface area contributed by atoms with E-state index in [4.69, 9.17) is 11.6 Å². The average molecular weight is 465 g/mol. The summed E-state index contributed by atoms with van der Waals surface area (Å²) in [6.45, 7) is 8.49. The summed E-state index contributed by atoms with van der Waals surface area (Å²) in [5.41, 5.74) is -2.10. The van der Waals surface area contributed by atoms with Crippen LogP contribution in [0, 0.1) is 28.6 Å². The molecule has 1 aromatic heterocycles. The van der Waals surface area contributed by atoms with Crippen molar-refractivity contribution in [2.45, 2.75) is 83.7 Å². The molecule has 0 aromatic carbocycles. The van der Waals surface area contributed by atoms with Crippen LogP contribution in [0.25, 0.3) is 6.08 Å². The minimum atomic E-state index is -1.83. The molecule has 0 radical (unpaired) electrons. The highest BCUT2D eigenvalue weighted by molar-refractivity contribution is 6.29. The highest BCUT2D eigenvalue weighted by Gasteiger charge is 2.75. The van der Waals surface area contributed by atoms with Crippen LogP contribution in [0.2, 0.25) is 0 Å². The van der Waals surface area contributed by atoms with Gasteiger partial charge in [0.05, 0.1) is 23.9 Å². The Labute approximate surface area is 194 Å². The fraction of sp³-hybridized carbons (Fsp3) is 0.760. The summed E-state index contributed by atoms with van der Waals surface area (Å²) in [5.74, 6) is -1.64. The molecule has 8 atom stereocenters. The molecule has 0 unspecified atom stereocenters. The number of hydrogen-bond acceptors (Lipinski definition) is 4. The van der Waals surface area contributed by atoms with Crippen molar-refractivity contribution in [2.24, 2.45) is 28.6 Å². The van der Waals surface area contributed by atoms with Crippen molar-refractivity contribution in [2.75, 3.05) is 5.88 Å². The summed E-state index contributed by atoms with van der Waals surface area (Å²) in [5, 5.41) is 27.6. The number of nitrogens with zero attached hydrogens (tertiary/aromatic N) is 2. The van der Waals surface area contributed by atoms with Gasteiger partial charge in [-0.3, -0.25) is 9.48 Å². The second-order valence-corrected chi connectivity index (χ2v) is 11.4. The van der Waals surface area contributed by atoms with Gasteiger partial charge in [-0.05, 0) is 62.5 Å². The van der Waals surface area contributed by atoms with Crippen LogP contribution in [0.4, 0.5) is 4.39 Å². The van der Waals surface area contributed by atoms with E-state index in [2.05, 4.69) is 11.2 Å². The Balaban J connectivity index is 1.61. The lowest BCUT2D eigenvalue weighted by Gasteiger charge is -2.63. The van der Waals surface area contributed by atoms with Crippen LogP contribution in [-0.4, -0.2) is 49.0 Å². The van der Waals surface area contributed by atoms with Crippen LogP contribution >= 0.6 is 11.6 Å². The van der Waals surface area contributed by atoms with Gasteiger partial charge in [-0.2, -0.15) is 5.10 Å². The van der Waals surface area contributed by atoms with Crippen molar-refractivity contribution >= 4 is 23.5 Å². The molecule has 0 saturated heterocycles. The molecule has 0 amide bonds. The topological polar surface area (TPSA) is 75.3 Å². The standard InChI is InChI=1S/C25H34ClFN2O3/c1-5-29-19-9-16-6-7-17-18-8-14(2)25(32,21(31)12-26)23(18,4)11-20(30)24(17,27)22(16,3)10-15(19)13-28-29/h9,13-14,17-18,20,30,32H,5-8,10-12H2,1-4H3/t14-,17-,18-,20-,22-,23-,24-,25-/m0/s1. The number of alkyl halides is 2. The van der Waals surface area contributed by atoms with Gasteiger partial charge >= 0.3 is 0 Å². The Morgan fingerprint density at radius 1 is 1.38 bits per heavy atom. The smallest absolute Gasteiger partial charge is 0.179 e. The largest absolute Gasteiger partial charge is 0.390 e. The van der Waals surface area contributed by atoms with E-state index in [0.717, 1.165) is 29.8 Å². The van der Waals surface area contributed by atoms with E-state index >= 15 is 4.39 Å². The lowest BCUT2D eigenvalue weighted by atomic mass is 9.43. The van der Waals surface area contributed by atoms with E-state index in [1.165, 1.54) is 0 Å². The van der Waals surface area contributed by atoms with E-state index < -0.39 is 39.9 Å². The molecule has 1 heterocycles. The molecule has 0 aliphatic heterocycles. The first kappa shape index (κ1) is 22.5. The zero-order chi connectivity index (χ0) is 23.3. The number of allylic oxidation sites excluding steroid dienone is 1. The van der Waals surface area contributed by atoms with Gasteiger partial charge in [-0.15, -0.1) is 11.6 Å². The molecule has 2 N–H and O–H groups in total. The number of hydrogen-bond donors (Lipinski definition) is 2. The molecule has 5 rings (SSSR count). The predicted octanol–water partition coefficient (Wildman–Crippen LogP) is 3.93. The highest BCUT2D eigenvalue weighted by atomic mass is 35.5. The lowest BCUT2D eigenvalue weighted by Crippen LogP contribution is -2.70. The zero-order valence-electron chi connectivity index (χ0n) is 19.4. The number of fused-ring (bicyclic) bond motifs is 6. The third-order valence-corrected chi connectivity index (χ3v) is 10.3. The Hall–Kier alpha value is -1.24. The van der Waals surface area contributed by atoms with Gasteiger partial charge in [-0.1, -0.05) is 26.3 Å². The number of aliphatic hydroxyl groups excluding tert-OH is 1.